The Labute approximate surface area is 123 Å². The fraction of sp³-hybridized carbons (Fsp3) is 0.500. The number of anilines is 2. The topological polar surface area (TPSA) is 58.4 Å². The first-order valence-corrected chi connectivity index (χ1v) is 7.25. The third-order valence-electron chi connectivity index (χ3n) is 3.00. The van der Waals surface area contributed by atoms with Crippen LogP contribution in [0.15, 0.2) is 22.7 Å². The van der Waals surface area contributed by atoms with Crippen LogP contribution in [0.25, 0.3) is 0 Å². The van der Waals surface area contributed by atoms with Crippen molar-refractivity contribution in [2.24, 2.45) is 5.92 Å². The third-order valence-corrected chi connectivity index (χ3v) is 3.66. The highest BCUT2D eigenvalue weighted by Gasteiger charge is 2.10. The van der Waals surface area contributed by atoms with Crippen molar-refractivity contribution in [2.45, 2.75) is 20.3 Å². The van der Waals surface area contributed by atoms with Gasteiger partial charge in [-0.2, -0.15) is 0 Å². The molecule has 0 aliphatic rings. The van der Waals surface area contributed by atoms with E-state index in [2.05, 4.69) is 35.1 Å². The minimum Gasteiger partial charge on any atom is -0.399 e. The van der Waals surface area contributed by atoms with Gasteiger partial charge in [-0.05, 0) is 47.1 Å². The van der Waals surface area contributed by atoms with Crippen LogP contribution in [-0.4, -0.2) is 30.9 Å². The van der Waals surface area contributed by atoms with Crippen molar-refractivity contribution in [2.75, 3.05) is 31.2 Å². The van der Waals surface area contributed by atoms with Gasteiger partial charge < -0.3 is 11.1 Å². The number of halogens is 1. The molecule has 0 bridgehead atoms. The van der Waals surface area contributed by atoms with Crippen LogP contribution >= 0.6 is 15.9 Å². The molecule has 0 fully saturated rings. The standard InChI is InChI=1S/C14H22BrN3O/c1-4-10(2)8-18(3)9-14(19)17-13-6-5-11(16)7-12(13)15/h5-7,10H,4,8-9,16H2,1-3H3,(H,17,19). The van der Waals surface area contributed by atoms with E-state index in [9.17, 15) is 4.79 Å². The van der Waals surface area contributed by atoms with E-state index >= 15 is 0 Å². The molecule has 5 heteroatoms. The Morgan fingerprint density at radius 2 is 2.21 bits per heavy atom. The zero-order chi connectivity index (χ0) is 14.4. The molecule has 0 aromatic heterocycles. The SMILES string of the molecule is CCC(C)CN(C)CC(=O)Nc1ccc(N)cc1Br. The fourth-order valence-electron chi connectivity index (χ4n) is 1.79. The second-order valence-corrected chi connectivity index (χ2v) is 5.85. The van der Waals surface area contributed by atoms with Gasteiger partial charge in [-0.15, -0.1) is 0 Å². The number of nitrogen functional groups attached to an aromatic ring is 1. The van der Waals surface area contributed by atoms with Gasteiger partial charge in [0.25, 0.3) is 0 Å². The van der Waals surface area contributed by atoms with E-state index in [-0.39, 0.29) is 5.91 Å². The second kappa shape index (κ2) is 7.50. The van der Waals surface area contributed by atoms with Crippen molar-refractivity contribution in [3.8, 4) is 0 Å². The quantitative estimate of drug-likeness (QED) is 0.790. The van der Waals surface area contributed by atoms with Crippen LogP contribution in [0.2, 0.25) is 0 Å². The highest BCUT2D eigenvalue weighted by atomic mass is 79.9. The molecular weight excluding hydrogens is 306 g/mol. The average molecular weight is 328 g/mol. The summed E-state index contributed by atoms with van der Waals surface area (Å²) in [5.41, 5.74) is 7.07. The summed E-state index contributed by atoms with van der Waals surface area (Å²) in [6, 6.07) is 5.34. The first-order valence-electron chi connectivity index (χ1n) is 6.45. The molecule has 0 saturated heterocycles. The van der Waals surface area contributed by atoms with Crippen LogP contribution in [0.5, 0.6) is 0 Å². The molecule has 1 aromatic carbocycles. The van der Waals surface area contributed by atoms with Crippen LogP contribution in [0.1, 0.15) is 20.3 Å². The maximum Gasteiger partial charge on any atom is 0.238 e. The van der Waals surface area contributed by atoms with Crippen molar-refractivity contribution >= 4 is 33.2 Å². The fourth-order valence-corrected chi connectivity index (χ4v) is 2.29. The summed E-state index contributed by atoms with van der Waals surface area (Å²) < 4.78 is 0.797. The summed E-state index contributed by atoms with van der Waals surface area (Å²) in [5.74, 6) is 0.581. The normalized spacial score (nSPS) is 12.5. The number of carbonyl (C=O) groups is 1. The lowest BCUT2D eigenvalue weighted by Gasteiger charge is -2.20. The molecule has 1 unspecified atom stereocenters. The molecule has 0 radical (unpaired) electrons. The van der Waals surface area contributed by atoms with Gasteiger partial charge in [0, 0.05) is 16.7 Å². The summed E-state index contributed by atoms with van der Waals surface area (Å²) in [6.07, 6.45) is 1.12. The minimum absolute atomic E-state index is 0.0173. The number of carbonyl (C=O) groups excluding carboxylic acids is 1. The molecule has 106 valence electrons. The Morgan fingerprint density at radius 3 is 2.79 bits per heavy atom. The summed E-state index contributed by atoms with van der Waals surface area (Å²) in [7, 11) is 1.96. The molecule has 4 nitrogen and oxygen atoms in total. The van der Waals surface area contributed by atoms with Gasteiger partial charge in [0.15, 0.2) is 0 Å². The lowest BCUT2D eigenvalue weighted by atomic mass is 10.1. The van der Waals surface area contributed by atoms with E-state index in [4.69, 9.17) is 5.73 Å². The first kappa shape index (κ1) is 16.0. The van der Waals surface area contributed by atoms with Crippen LogP contribution in [-0.2, 0) is 4.79 Å². The Balaban J connectivity index is 2.51. The smallest absolute Gasteiger partial charge is 0.238 e. The molecule has 3 N–H and O–H groups in total. The van der Waals surface area contributed by atoms with Crippen LogP contribution in [0, 0.1) is 5.92 Å². The monoisotopic (exact) mass is 327 g/mol. The summed E-state index contributed by atoms with van der Waals surface area (Å²) in [4.78, 5) is 14.0. The molecule has 1 atom stereocenters. The van der Waals surface area contributed by atoms with Crippen molar-refractivity contribution in [3.63, 3.8) is 0 Å². The zero-order valence-corrected chi connectivity index (χ0v) is 13.3. The maximum atomic E-state index is 11.9. The number of rotatable bonds is 6. The zero-order valence-electron chi connectivity index (χ0n) is 11.7. The van der Waals surface area contributed by atoms with Gasteiger partial charge >= 0.3 is 0 Å². The maximum absolute atomic E-state index is 11.9. The highest BCUT2D eigenvalue weighted by molar-refractivity contribution is 9.10. The average Bonchev–Trinajstić information content (AvgIpc) is 2.32. The van der Waals surface area contributed by atoms with Gasteiger partial charge in [0.2, 0.25) is 5.91 Å². The predicted octanol–water partition coefficient (Wildman–Crippen LogP) is 2.95. The lowest BCUT2D eigenvalue weighted by Crippen LogP contribution is -2.33. The Kier molecular flexibility index (Phi) is 6.31. The molecule has 0 aliphatic carbocycles. The van der Waals surface area contributed by atoms with Gasteiger partial charge in [0.05, 0.1) is 12.2 Å². The molecule has 1 amide bonds. The van der Waals surface area contributed by atoms with E-state index in [1.54, 1.807) is 18.2 Å². The highest BCUT2D eigenvalue weighted by Crippen LogP contribution is 2.24. The Hall–Kier alpha value is -1.07. The number of nitrogens with zero attached hydrogens (tertiary/aromatic N) is 1. The number of hydrogen-bond donors (Lipinski definition) is 2. The number of likely N-dealkylation sites (N-methyl/N-ethyl adjacent to an activating group) is 1. The van der Waals surface area contributed by atoms with Crippen LogP contribution < -0.4 is 11.1 Å². The number of hydrogen-bond acceptors (Lipinski definition) is 3. The van der Waals surface area contributed by atoms with Crippen molar-refractivity contribution in [1.29, 1.82) is 0 Å². The second-order valence-electron chi connectivity index (χ2n) is 5.00. The first-order chi connectivity index (χ1) is 8.92. The summed E-state index contributed by atoms with van der Waals surface area (Å²) in [5, 5.41) is 2.88. The van der Waals surface area contributed by atoms with Gasteiger partial charge in [-0.3, -0.25) is 9.69 Å². The summed E-state index contributed by atoms with van der Waals surface area (Å²) in [6.45, 7) is 5.66. The van der Waals surface area contributed by atoms with E-state index in [1.807, 2.05) is 11.9 Å². The largest absolute Gasteiger partial charge is 0.399 e. The van der Waals surface area contributed by atoms with Gasteiger partial charge in [-0.25, -0.2) is 0 Å². The lowest BCUT2D eigenvalue weighted by molar-refractivity contribution is -0.117. The molecule has 0 spiro atoms. The van der Waals surface area contributed by atoms with Gasteiger partial charge in [0.1, 0.15) is 0 Å². The van der Waals surface area contributed by atoms with Crippen LogP contribution in [0.4, 0.5) is 11.4 Å². The molecule has 0 saturated carbocycles. The summed E-state index contributed by atoms with van der Waals surface area (Å²) >= 11 is 3.38. The number of benzene rings is 1. The van der Waals surface area contributed by atoms with E-state index in [0.717, 1.165) is 23.1 Å². The van der Waals surface area contributed by atoms with Gasteiger partial charge in [-0.1, -0.05) is 20.3 Å². The molecule has 0 aliphatic heterocycles. The number of nitrogens with two attached hydrogens (primary N) is 1. The molecule has 19 heavy (non-hydrogen) atoms. The Bertz CT molecular complexity index is 437. The van der Waals surface area contributed by atoms with E-state index in [1.165, 1.54) is 0 Å². The van der Waals surface area contributed by atoms with E-state index in [0.29, 0.717) is 18.2 Å². The van der Waals surface area contributed by atoms with Crippen molar-refractivity contribution < 1.29 is 4.79 Å². The molecule has 0 heterocycles. The van der Waals surface area contributed by atoms with Crippen molar-refractivity contribution in [3.05, 3.63) is 22.7 Å². The number of amides is 1. The third kappa shape index (κ3) is 5.61. The van der Waals surface area contributed by atoms with Crippen LogP contribution in [0.3, 0.4) is 0 Å². The molecule has 1 aromatic rings. The number of nitrogens with one attached hydrogen (secondary N) is 1. The molecular formula is C14H22BrN3O. The van der Waals surface area contributed by atoms with Crippen molar-refractivity contribution in [1.82, 2.24) is 4.90 Å². The minimum atomic E-state index is -0.0173. The Morgan fingerprint density at radius 1 is 1.53 bits per heavy atom. The predicted molar refractivity (Wildman–Crippen MR) is 84.1 cm³/mol. The van der Waals surface area contributed by atoms with E-state index < -0.39 is 0 Å². The molecule has 1 rings (SSSR count).